The van der Waals surface area contributed by atoms with Crippen molar-refractivity contribution < 1.29 is 9.59 Å². The highest BCUT2D eigenvalue weighted by Crippen LogP contribution is 2.23. The Morgan fingerprint density at radius 1 is 1.00 bits per heavy atom. The minimum atomic E-state index is -0.510. The fourth-order valence-corrected chi connectivity index (χ4v) is 4.25. The monoisotopic (exact) mass is 442 g/mol. The van der Waals surface area contributed by atoms with E-state index >= 15 is 0 Å². The lowest BCUT2D eigenvalue weighted by molar-refractivity contribution is -0.139. The van der Waals surface area contributed by atoms with E-state index in [4.69, 9.17) is 0 Å². The number of nitrogens with zero attached hydrogens (tertiary/aromatic N) is 4. The lowest BCUT2D eigenvalue weighted by Crippen LogP contribution is -2.59. The summed E-state index contributed by atoms with van der Waals surface area (Å²) in [7, 11) is 3.93. The molecular weight excluding hydrogens is 412 g/mol. The van der Waals surface area contributed by atoms with Crippen LogP contribution in [0.25, 0.3) is 11.1 Å². The van der Waals surface area contributed by atoms with Gasteiger partial charge in [-0.25, -0.2) is 0 Å². The number of pyridine rings is 1. The first kappa shape index (κ1) is 22.5. The summed E-state index contributed by atoms with van der Waals surface area (Å²) in [6.07, 6.45) is 4.08. The number of piperazine rings is 1. The zero-order valence-electron chi connectivity index (χ0n) is 19.4. The molecule has 0 spiro atoms. The van der Waals surface area contributed by atoms with E-state index in [0.717, 1.165) is 22.4 Å². The maximum absolute atomic E-state index is 13.4. The second-order valence-corrected chi connectivity index (χ2v) is 8.52. The average molecular weight is 443 g/mol. The Bertz CT molecular complexity index is 1100. The lowest BCUT2D eigenvalue weighted by Gasteiger charge is -2.40. The van der Waals surface area contributed by atoms with Gasteiger partial charge in [0.15, 0.2) is 0 Å². The smallest absolute Gasteiger partial charge is 0.254 e. The molecule has 2 amide bonds. The van der Waals surface area contributed by atoms with Crippen molar-refractivity contribution >= 4 is 17.5 Å². The van der Waals surface area contributed by atoms with Crippen LogP contribution in [0.5, 0.6) is 0 Å². The highest BCUT2D eigenvalue weighted by atomic mass is 16.2. The summed E-state index contributed by atoms with van der Waals surface area (Å²) < 4.78 is 0. The van der Waals surface area contributed by atoms with E-state index in [2.05, 4.69) is 4.98 Å². The van der Waals surface area contributed by atoms with Gasteiger partial charge in [-0.1, -0.05) is 30.3 Å². The van der Waals surface area contributed by atoms with Crippen molar-refractivity contribution in [3.63, 3.8) is 0 Å². The van der Waals surface area contributed by atoms with E-state index in [1.807, 2.05) is 97.7 Å². The third kappa shape index (κ3) is 4.90. The van der Waals surface area contributed by atoms with Crippen molar-refractivity contribution in [1.29, 1.82) is 0 Å². The van der Waals surface area contributed by atoms with E-state index in [9.17, 15) is 9.59 Å². The summed E-state index contributed by atoms with van der Waals surface area (Å²) in [5, 5.41) is 0. The molecule has 33 heavy (non-hydrogen) atoms. The van der Waals surface area contributed by atoms with Gasteiger partial charge < -0.3 is 14.7 Å². The van der Waals surface area contributed by atoms with Crippen molar-refractivity contribution in [2.45, 2.75) is 19.4 Å². The van der Waals surface area contributed by atoms with Crippen LogP contribution >= 0.6 is 0 Å². The summed E-state index contributed by atoms with van der Waals surface area (Å²) in [5.74, 6) is -0.0836. The van der Waals surface area contributed by atoms with Crippen molar-refractivity contribution in [3.05, 3.63) is 84.2 Å². The summed E-state index contributed by atoms with van der Waals surface area (Å²) >= 11 is 0. The van der Waals surface area contributed by atoms with E-state index in [1.54, 1.807) is 11.1 Å². The zero-order chi connectivity index (χ0) is 23.4. The van der Waals surface area contributed by atoms with Crippen molar-refractivity contribution in [3.8, 4) is 11.1 Å². The summed E-state index contributed by atoms with van der Waals surface area (Å²) in [4.78, 5) is 36.4. The zero-order valence-corrected chi connectivity index (χ0v) is 19.4. The number of amides is 2. The molecule has 0 radical (unpaired) electrons. The predicted molar refractivity (Wildman–Crippen MR) is 131 cm³/mol. The first-order chi connectivity index (χ1) is 16.0. The van der Waals surface area contributed by atoms with Crippen LogP contribution in [0.4, 0.5) is 5.69 Å². The molecule has 4 rings (SSSR count). The van der Waals surface area contributed by atoms with Gasteiger partial charge in [0.05, 0.1) is 0 Å². The van der Waals surface area contributed by atoms with Crippen LogP contribution in [0.3, 0.4) is 0 Å². The number of carbonyl (C=O) groups is 2. The molecule has 3 aromatic rings. The molecule has 6 nitrogen and oxygen atoms in total. The van der Waals surface area contributed by atoms with Gasteiger partial charge in [-0.2, -0.15) is 0 Å². The SMILES string of the molecule is CCN1CCN(C(=O)c2ccc(N(C)C)cc2)[C@@H](Cc2ccc(-c3cccnc3)cc2)C1=O. The lowest BCUT2D eigenvalue weighted by atomic mass is 9.98. The molecule has 0 unspecified atom stereocenters. The van der Waals surface area contributed by atoms with Gasteiger partial charge >= 0.3 is 0 Å². The van der Waals surface area contributed by atoms with Crippen LogP contribution < -0.4 is 4.90 Å². The number of anilines is 1. The highest BCUT2D eigenvalue weighted by molar-refractivity contribution is 5.98. The molecule has 6 heteroatoms. The molecule has 1 aromatic heterocycles. The van der Waals surface area contributed by atoms with Gasteiger partial charge in [0, 0.05) is 63.8 Å². The summed E-state index contributed by atoms with van der Waals surface area (Å²) in [5.41, 5.74) is 4.79. The molecular formula is C27H30N4O2. The predicted octanol–water partition coefficient (Wildman–Crippen LogP) is 3.73. The van der Waals surface area contributed by atoms with E-state index in [-0.39, 0.29) is 11.8 Å². The van der Waals surface area contributed by atoms with Crippen LogP contribution in [-0.4, -0.2) is 66.4 Å². The third-order valence-electron chi connectivity index (χ3n) is 6.23. The molecule has 2 aromatic carbocycles. The fourth-order valence-electron chi connectivity index (χ4n) is 4.25. The molecule has 0 N–H and O–H groups in total. The molecule has 2 heterocycles. The van der Waals surface area contributed by atoms with E-state index in [0.29, 0.717) is 31.6 Å². The Labute approximate surface area is 195 Å². The topological polar surface area (TPSA) is 56.8 Å². The quantitative estimate of drug-likeness (QED) is 0.584. The average Bonchev–Trinajstić information content (AvgIpc) is 2.86. The molecule has 1 fully saturated rings. The Balaban J connectivity index is 1.57. The first-order valence-corrected chi connectivity index (χ1v) is 11.3. The Hall–Kier alpha value is -3.67. The van der Waals surface area contributed by atoms with Crippen molar-refractivity contribution in [1.82, 2.24) is 14.8 Å². The molecule has 1 saturated heterocycles. The molecule has 0 bridgehead atoms. The number of carbonyl (C=O) groups excluding carboxylic acids is 2. The Morgan fingerprint density at radius 3 is 2.33 bits per heavy atom. The number of hydrogen-bond donors (Lipinski definition) is 0. The third-order valence-corrected chi connectivity index (χ3v) is 6.23. The van der Waals surface area contributed by atoms with E-state index < -0.39 is 6.04 Å². The van der Waals surface area contributed by atoms with Crippen molar-refractivity contribution in [2.75, 3.05) is 38.6 Å². The van der Waals surface area contributed by atoms with Crippen molar-refractivity contribution in [2.24, 2.45) is 0 Å². The number of rotatable bonds is 6. The van der Waals surface area contributed by atoms with Crippen LogP contribution in [0.1, 0.15) is 22.8 Å². The minimum Gasteiger partial charge on any atom is -0.378 e. The largest absolute Gasteiger partial charge is 0.378 e. The second-order valence-electron chi connectivity index (χ2n) is 8.52. The molecule has 1 aliphatic rings. The molecule has 0 saturated carbocycles. The van der Waals surface area contributed by atoms with Crippen LogP contribution in [-0.2, 0) is 11.2 Å². The second kappa shape index (κ2) is 9.86. The Morgan fingerprint density at radius 2 is 1.73 bits per heavy atom. The molecule has 170 valence electrons. The van der Waals surface area contributed by atoms with Crippen LogP contribution in [0, 0.1) is 0 Å². The normalized spacial score (nSPS) is 16.1. The number of likely N-dealkylation sites (N-methyl/N-ethyl adjacent to an activating group) is 1. The van der Waals surface area contributed by atoms with Gasteiger partial charge in [-0.15, -0.1) is 0 Å². The summed E-state index contributed by atoms with van der Waals surface area (Å²) in [6.45, 7) is 3.73. The fraction of sp³-hybridized carbons (Fsp3) is 0.296. The van der Waals surface area contributed by atoms with Crippen LogP contribution in [0.15, 0.2) is 73.1 Å². The first-order valence-electron chi connectivity index (χ1n) is 11.3. The van der Waals surface area contributed by atoms with Gasteiger partial charge in [0.1, 0.15) is 6.04 Å². The maximum atomic E-state index is 13.4. The standard InChI is InChI=1S/C27H30N4O2/c1-4-30-16-17-31(26(32)22-11-13-24(14-12-22)29(2)3)25(27(30)33)18-20-7-9-21(10-8-20)23-6-5-15-28-19-23/h5-15,19,25H,4,16-18H2,1-3H3/t25-/m0/s1. The summed E-state index contributed by atoms with van der Waals surface area (Å²) in [6, 6.07) is 19.1. The van der Waals surface area contributed by atoms with Gasteiger partial charge in [-0.05, 0) is 53.9 Å². The van der Waals surface area contributed by atoms with Gasteiger partial charge in [-0.3, -0.25) is 14.6 Å². The number of benzene rings is 2. The highest BCUT2D eigenvalue weighted by Gasteiger charge is 2.37. The minimum absolute atomic E-state index is 0.0124. The number of hydrogen-bond acceptors (Lipinski definition) is 4. The van der Waals surface area contributed by atoms with Gasteiger partial charge in [0.25, 0.3) is 5.91 Å². The molecule has 0 aliphatic carbocycles. The van der Waals surface area contributed by atoms with E-state index in [1.165, 1.54) is 0 Å². The molecule has 1 atom stereocenters. The number of aromatic nitrogens is 1. The Kier molecular flexibility index (Phi) is 6.73. The van der Waals surface area contributed by atoms with Crippen LogP contribution in [0.2, 0.25) is 0 Å². The van der Waals surface area contributed by atoms with Gasteiger partial charge in [0.2, 0.25) is 5.91 Å². The maximum Gasteiger partial charge on any atom is 0.254 e. The molecule has 1 aliphatic heterocycles.